The summed E-state index contributed by atoms with van der Waals surface area (Å²) in [6.07, 6.45) is 1.43. The molecule has 0 aliphatic heterocycles. The fourth-order valence-electron chi connectivity index (χ4n) is 0.579. The Bertz CT molecular complexity index is 237. The summed E-state index contributed by atoms with van der Waals surface area (Å²) in [6.45, 7) is 0. The van der Waals surface area contributed by atoms with Crippen LogP contribution in [0.1, 0.15) is 12.2 Å². The lowest BCUT2D eigenvalue weighted by Crippen LogP contribution is -1.96. The summed E-state index contributed by atoms with van der Waals surface area (Å²) in [5.74, 6) is 0.995. The zero-order valence-corrected chi connectivity index (χ0v) is 7.08. The molecule has 0 saturated heterocycles. The zero-order chi connectivity index (χ0) is 8.81. The number of carbonyl (C=O) groups is 1. The van der Waals surface area contributed by atoms with Crippen molar-refractivity contribution in [2.75, 3.05) is 5.75 Å². The molecule has 1 rings (SSSR count). The summed E-state index contributed by atoms with van der Waals surface area (Å²) >= 11 is 1.47. The van der Waals surface area contributed by atoms with Gasteiger partial charge in [-0.15, -0.1) is 0 Å². The molecule has 66 valence electrons. The Morgan fingerprint density at radius 1 is 1.75 bits per heavy atom. The minimum atomic E-state index is -0.782. The number of carboxylic acids is 1. The number of aromatic nitrogens is 2. The van der Waals surface area contributed by atoms with Gasteiger partial charge in [0.15, 0.2) is 5.82 Å². The van der Waals surface area contributed by atoms with Gasteiger partial charge in [0.1, 0.15) is 0 Å². The second kappa shape index (κ2) is 4.76. The SMILES string of the molecule is O=C(O)CCSCc1ncon1. The molecule has 0 aliphatic carbocycles. The standard InChI is InChI=1S/C6H8N2O3S/c9-6(10)1-2-12-3-5-7-4-11-8-5/h4H,1-3H2,(H,9,10). The maximum atomic E-state index is 10.1. The fourth-order valence-corrected chi connectivity index (χ4v) is 1.35. The monoisotopic (exact) mass is 188 g/mol. The van der Waals surface area contributed by atoms with Crippen LogP contribution in [0.5, 0.6) is 0 Å². The van der Waals surface area contributed by atoms with E-state index in [2.05, 4.69) is 14.7 Å². The third-order valence-corrected chi connectivity index (χ3v) is 2.05. The molecule has 0 aromatic carbocycles. The minimum Gasteiger partial charge on any atom is -0.481 e. The van der Waals surface area contributed by atoms with Crippen molar-refractivity contribution in [2.45, 2.75) is 12.2 Å². The molecule has 0 fully saturated rings. The van der Waals surface area contributed by atoms with Crippen molar-refractivity contribution in [3.05, 3.63) is 12.2 Å². The van der Waals surface area contributed by atoms with Crippen LogP contribution in [-0.2, 0) is 10.5 Å². The van der Waals surface area contributed by atoms with Gasteiger partial charge in [-0.05, 0) is 0 Å². The largest absolute Gasteiger partial charge is 0.481 e. The molecule has 0 spiro atoms. The molecule has 1 aromatic rings. The van der Waals surface area contributed by atoms with Crippen LogP contribution in [-0.4, -0.2) is 27.0 Å². The number of hydrogen-bond acceptors (Lipinski definition) is 5. The molecule has 1 N–H and O–H groups in total. The van der Waals surface area contributed by atoms with Gasteiger partial charge in [0.2, 0.25) is 6.39 Å². The average Bonchev–Trinajstić information content (AvgIpc) is 2.49. The van der Waals surface area contributed by atoms with Gasteiger partial charge in [-0.1, -0.05) is 5.16 Å². The molecule has 0 atom stereocenters. The highest BCUT2D eigenvalue weighted by Gasteiger charge is 2.00. The normalized spacial score (nSPS) is 10.0. The van der Waals surface area contributed by atoms with E-state index >= 15 is 0 Å². The first-order valence-electron chi connectivity index (χ1n) is 3.34. The molecule has 1 aromatic heterocycles. The van der Waals surface area contributed by atoms with Crippen molar-refractivity contribution in [3.63, 3.8) is 0 Å². The molecule has 0 bridgehead atoms. The summed E-state index contributed by atoms with van der Waals surface area (Å²) in [7, 11) is 0. The lowest BCUT2D eigenvalue weighted by molar-refractivity contribution is -0.136. The van der Waals surface area contributed by atoms with Gasteiger partial charge >= 0.3 is 5.97 Å². The van der Waals surface area contributed by atoms with E-state index in [1.165, 1.54) is 18.2 Å². The van der Waals surface area contributed by atoms with Crippen LogP contribution in [0.25, 0.3) is 0 Å². The highest BCUT2D eigenvalue weighted by molar-refractivity contribution is 7.98. The van der Waals surface area contributed by atoms with E-state index in [1.807, 2.05) is 0 Å². The zero-order valence-electron chi connectivity index (χ0n) is 6.27. The summed E-state index contributed by atoms with van der Waals surface area (Å²) in [4.78, 5) is 13.9. The van der Waals surface area contributed by atoms with Crippen LogP contribution >= 0.6 is 11.8 Å². The molecular weight excluding hydrogens is 180 g/mol. The Balaban J connectivity index is 2.07. The molecule has 0 unspecified atom stereocenters. The van der Waals surface area contributed by atoms with Crippen molar-refractivity contribution in [2.24, 2.45) is 0 Å². The molecule has 6 heteroatoms. The van der Waals surface area contributed by atoms with Crippen molar-refractivity contribution in [1.29, 1.82) is 0 Å². The van der Waals surface area contributed by atoms with Crippen molar-refractivity contribution in [1.82, 2.24) is 10.1 Å². The highest BCUT2D eigenvalue weighted by atomic mass is 32.2. The van der Waals surface area contributed by atoms with Crippen LogP contribution in [0.2, 0.25) is 0 Å². The fraction of sp³-hybridized carbons (Fsp3) is 0.500. The predicted molar refractivity (Wildman–Crippen MR) is 42.7 cm³/mol. The van der Waals surface area contributed by atoms with Gasteiger partial charge in [-0.25, -0.2) is 0 Å². The molecule has 0 amide bonds. The highest BCUT2D eigenvalue weighted by Crippen LogP contribution is 2.08. The van der Waals surface area contributed by atoms with Crippen LogP contribution in [0.15, 0.2) is 10.9 Å². The molecule has 5 nitrogen and oxygen atoms in total. The van der Waals surface area contributed by atoms with E-state index < -0.39 is 5.97 Å². The van der Waals surface area contributed by atoms with Gasteiger partial charge in [0.05, 0.1) is 12.2 Å². The molecule has 0 saturated carbocycles. The third-order valence-electron chi connectivity index (χ3n) is 1.10. The van der Waals surface area contributed by atoms with Crippen molar-refractivity contribution >= 4 is 17.7 Å². The lowest BCUT2D eigenvalue weighted by atomic mass is 10.5. The molecule has 1 heterocycles. The number of carboxylic acid groups (broad SMARTS) is 1. The Morgan fingerprint density at radius 2 is 2.58 bits per heavy atom. The first-order chi connectivity index (χ1) is 5.79. The summed E-state index contributed by atoms with van der Waals surface area (Å²) in [5.41, 5.74) is 0. The summed E-state index contributed by atoms with van der Waals surface area (Å²) in [6, 6.07) is 0. The minimum absolute atomic E-state index is 0.169. The van der Waals surface area contributed by atoms with Gasteiger partial charge in [-0.3, -0.25) is 4.79 Å². The number of rotatable bonds is 5. The van der Waals surface area contributed by atoms with E-state index in [1.54, 1.807) is 0 Å². The maximum Gasteiger partial charge on any atom is 0.304 e. The maximum absolute atomic E-state index is 10.1. The van der Waals surface area contributed by atoms with Crippen molar-refractivity contribution < 1.29 is 14.4 Å². The Hall–Kier alpha value is -1.04. The first kappa shape index (κ1) is 9.05. The average molecular weight is 188 g/mol. The van der Waals surface area contributed by atoms with Crippen LogP contribution in [0.4, 0.5) is 0 Å². The van der Waals surface area contributed by atoms with Crippen LogP contribution < -0.4 is 0 Å². The second-order valence-electron chi connectivity index (χ2n) is 2.04. The van der Waals surface area contributed by atoms with Crippen LogP contribution in [0.3, 0.4) is 0 Å². The molecule has 0 aliphatic rings. The summed E-state index contributed by atoms with van der Waals surface area (Å²) in [5, 5.41) is 11.9. The van der Waals surface area contributed by atoms with Gasteiger partial charge in [0.25, 0.3) is 0 Å². The second-order valence-corrected chi connectivity index (χ2v) is 3.15. The number of nitrogens with zero attached hydrogens (tertiary/aromatic N) is 2. The van der Waals surface area contributed by atoms with Gasteiger partial charge in [0, 0.05) is 5.75 Å². The first-order valence-corrected chi connectivity index (χ1v) is 4.49. The molecular formula is C6H8N2O3S. The van der Waals surface area contributed by atoms with Crippen molar-refractivity contribution in [3.8, 4) is 0 Å². The Morgan fingerprint density at radius 3 is 3.17 bits per heavy atom. The van der Waals surface area contributed by atoms with Gasteiger partial charge < -0.3 is 9.63 Å². The van der Waals surface area contributed by atoms with E-state index in [9.17, 15) is 4.79 Å². The van der Waals surface area contributed by atoms with Crippen LogP contribution in [0, 0.1) is 0 Å². The molecule has 12 heavy (non-hydrogen) atoms. The number of hydrogen-bond donors (Lipinski definition) is 1. The summed E-state index contributed by atoms with van der Waals surface area (Å²) < 4.78 is 4.50. The topological polar surface area (TPSA) is 76.2 Å². The van der Waals surface area contributed by atoms with E-state index in [0.717, 1.165) is 0 Å². The third kappa shape index (κ3) is 3.38. The smallest absolute Gasteiger partial charge is 0.304 e. The van der Waals surface area contributed by atoms with E-state index in [0.29, 0.717) is 17.3 Å². The number of aliphatic carboxylic acids is 1. The van der Waals surface area contributed by atoms with Gasteiger partial charge in [-0.2, -0.15) is 16.7 Å². The Labute approximate surface area is 73.2 Å². The molecule has 0 radical (unpaired) electrons. The quantitative estimate of drug-likeness (QED) is 0.688. The van der Waals surface area contributed by atoms with E-state index in [-0.39, 0.29) is 6.42 Å². The predicted octanol–water partition coefficient (Wildman–Crippen LogP) is 0.777. The lowest BCUT2D eigenvalue weighted by Gasteiger charge is -1.93. The Kier molecular flexibility index (Phi) is 3.59. The van der Waals surface area contributed by atoms with E-state index in [4.69, 9.17) is 5.11 Å². The number of thioether (sulfide) groups is 1.